The average molecular weight is 408 g/mol. The van der Waals surface area contributed by atoms with Crippen LogP contribution in [0.5, 0.6) is 5.75 Å². The molecule has 0 heterocycles. The second-order valence-electron chi connectivity index (χ2n) is 6.52. The Kier molecular flexibility index (Phi) is 5.70. The lowest BCUT2D eigenvalue weighted by Gasteiger charge is -2.16. The summed E-state index contributed by atoms with van der Waals surface area (Å²) in [5, 5.41) is 6.86. The zero-order valence-electron chi connectivity index (χ0n) is 15.2. The van der Waals surface area contributed by atoms with E-state index in [0.29, 0.717) is 28.9 Å². The van der Waals surface area contributed by atoms with Crippen molar-refractivity contribution in [2.75, 3.05) is 5.32 Å². The van der Waals surface area contributed by atoms with E-state index in [1.807, 2.05) is 54.6 Å². The first-order valence-corrected chi connectivity index (χ1v) is 9.82. The number of benzene rings is 4. The molecule has 4 aromatic rings. The summed E-state index contributed by atoms with van der Waals surface area (Å²) in [7, 11) is 0. The molecule has 0 saturated carbocycles. The van der Waals surface area contributed by atoms with Crippen molar-refractivity contribution in [3.8, 4) is 5.75 Å². The SMILES string of the molecule is Clc1cc(Cl)c(OCc2cccc3ccccc23)c(CNc2ccccc2)c1. The molecule has 0 amide bonds. The molecular formula is C24H19Cl2NO. The van der Waals surface area contributed by atoms with Crippen LogP contribution in [0.4, 0.5) is 5.69 Å². The molecule has 28 heavy (non-hydrogen) atoms. The van der Waals surface area contributed by atoms with Crippen LogP contribution in [0.25, 0.3) is 10.8 Å². The van der Waals surface area contributed by atoms with Crippen LogP contribution < -0.4 is 10.1 Å². The van der Waals surface area contributed by atoms with Crippen molar-refractivity contribution in [3.05, 3.63) is 106 Å². The van der Waals surface area contributed by atoms with Gasteiger partial charge in [-0.05, 0) is 40.6 Å². The maximum Gasteiger partial charge on any atom is 0.143 e. The lowest BCUT2D eigenvalue weighted by atomic mass is 10.1. The number of para-hydroxylation sites is 1. The first-order chi connectivity index (χ1) is 13.7. The van der Waals surface area contributed by atoms with Gasteiger partial charge in [0.15, 0.2) is 0 Å². The predicted molar refractivity (Wildman–Crippen MR) is 119 cm³/mol. The van der Waals surface area contributed by atoms with Crippen LogP contribution in [-0.4, -0.2) is 0 Å². The van der Waals surface area contributed by atoms with Gasteiger partial charge in [0.1, 0.15) is 12.4 Å². The maximum absolute atomic E-state index is 6.46. The summed E-state index contributed by atoms with van der Waals surface area (Å²) in [6, 6.07) is 28.1. The van der Waals surface area contributed by atoms with Crippen LogP contribution in [0.15, 0.2) is 84.9 Å². The number of fused-ring (bicyclic) bond motifs is 1. The average Bonchev–Trinajstić information content (AvgIpc) is 2.72. The molecule has 0 saturated heterocycles. The van der Waals surface area contributed by atoms with E-state index in [0.717, 1.165) is 16.8 Å². The highest BCUT2D eigenvalue weighted by molar-refractivity contribution is 6.35. The number of halogens is 2. The molecule has 140 valence electrons. The van der Waals surface area contributed by atoms with Gasteiger partial charge in [-0.2, -0.15) is 0 Å². The Morgan fingerprint density at radius 3 is 2.36 bits per heavy atom. The van der Waals surface area contributed by atoms with Gasteiger partial charge >= 0.3 is 0 Å². The second kappa shape index (κ2) is 8.55. The van der Waals surface area contributed by atoms with Crippen molar-refractivity contribution < 1.29 is 4.74 Å². The molecule has 2 nitrogen and oxygen atoms in total. The molecule has 0 aliphatic heterocycles. The molecule has 0 unspecified atom stereocenters. The summed E-state index contributed by atoms with van der Waals surface area (Å²) in [5.41, 5.74) is 3.06. The Morgan fingerprint density at radius 2 is 1.50 bits per heavy atom. The minimum Gasteiger partial charge on any atom is -0.487 e. The molecule has 4 aromatic carbocycles. The lowest BCUT2D eigenvalue weighted by molar-refractivity contribution is 0.305. The van der Waals surface area contributed by atoms with Crippen LogP contribution in [0.3, 0.4) is 0 Å². The minimum absolute atomic E-state index is 0.432. The smallest absolute Gasteiger partial charge is 0.143 e. The summed E-state index contributed by atoms with van der Waals surface area (Å²) in [4.78, 5) is 0. The van der Waals surface area contributed by atoms with E-state index in [9.17, 15) is 0 Å². The quantitative estimate of drug-likeness (QED) is 0.360. The third-order valence-corrected chi connectivity index (χ3v) is 5.09. The predicted octanol–water partition coefficient (Wildman–Crippen LogP) is 7.34. The molecule has 4 heteroatoms. The van der Waals surface area contributed by atoms with Gasteiger partial charge in [-0.3, -0.25) is 0 Å². The van der Waals surface area contributed by atoms with Gasteiger partial charge in [0.2, 0.25) is 0 Å². The van der Waals surface area contributed by atoms with E-state index in [2.05, 4.69) is 29.6 Å². The fraction of sp³-hybridized carbons (Fsp3) is 0.0833. The number of ether oxygens (including phenoxy) is 1. The van der Waals surface area contributed by atoms with Crippen molar-refractivity contribution >= 4 is 39.7 Å². The molecule has 0 aliphatic rings. The number of nitrogens with one attached hydrogen (secondary N) is 1. The van der Waals surface area contributed by atoms with E-state index in [4.69, 9.17) is 27.9 Å². The zero-order chi connectivity index (χ0) is 19.3. The van der Waals surface area contributed by atoms with Crippen molar-refractivity contribution in [1.29, 1.82) is 0 Å². The largest absolute Gasteiger partial charge is 0.487 e. The molecule has 0 aliphatic carbocycles. The summed E-state index contributed by atoms with van der Waals surface area (Å²) in [6.07, 6.45) is 0. The van der Waals surface area contributed by atoms with E-state index in [-0.39, 0.29) is 0 Å². The fourth-order valence-electron chi connectivity index (χ4n) is 3.23. The Hall–Kier alpha value is -2.68. The van der Waals surface area contributed by atoms with Crippen LogP contribution in [0.1, 0.15) is 11.1 Å². The van der Waals surface area contributed by atoms with Gasteiger partial charge in [0.25, 0.3) is 0 Å². The van der Waals surface area contributed by atoms with Crippen molar-refractivity contribution in [3.63, 3.8) is 0 Å². The van der Waals surface area contributed by atoms with Gasteiger partial charge in [-0.1, -0.05) is 83.9 Å². The van der Waals surface area contributed by atoms with Crippen LogP contribution in [-0.2, 0) is 13.2 Å². The van der Waals surface area contributed by atoms with Crippen molar-refractivity contribution in [1.82, 2.24) is 0 Å². The molecular weight excluding hydrogens is 389 g/mol. The van der Waals surface area contributed by atoms with Gasteiger partial charge in [-0.15, -0.1) is 0 Å². The van der Waals surface area contributed by atoms with E-state index in [1.54, 1.807) is 6.07 Å². The number of rotatable bonds is 6. The topological polar surface area (TPSA) is 21.3 Å². The minimum atomic E-state index is 0.432. The monoisotopic (exact) mass is 407 g/mol. The maximum atomic E-state index is 6.46. The van der Waals surface area contributed by atoms with Gasteiger partial charge in [0.05, 0.1) is 5.02 Å². The number of hydrogen-bond acceptors (Lipinski definition) is 2. The van der Waals surface area contributed by atoms with Crippen LogP contribution >= 0.6 is 23.2 Å². The summed E-state index contributed by atoms with van der Waals surface area (Å²) in [6.45, 7) is 0.996. The van der Waals surface area contributed by atoms with Crippen LogP contribution in [0.2, 0.25) is 10.0 Å². The summed E-state index contributed by atoms with van der Waals surface area (Å²) in [5.74, 6) is 0.655. The Balaban J connectivity index is 1.58. The summed E-state index contributed by atoms with van der Waals surface area (Å²) < 4.78 is 6.17. The molecule has 0 atom stereocenters. The van der Waals surface area contributed by atoms with Gasteiger partial charge < -0.3 is 10.1 Å². The fourth-order valence-corrected chi connectivity index (χ4v) is 3.82. The molecule has 0 radical (unpaired) electrons. The second-order valence-corrected chi connectivity index (χ2v) is 7.37. The highest BCUT2D eigenvalue weighted by atomic mass is 35.5. The van der Waals surface area contributed by atoms with E-state index < -0.39 is 0 Å². The number of hydrogen-bond donors (Lipinski definition) is 1. The van der Waals surface area contributed by atoms with Gasteiger partial charge in [-0.25, -0.2) is 0 Å². The van der Waals surface area contributed by atoms with Gasteiger partial charge in [0, 0.05) is 22.8 Å². The first kappa shape index (κ1) is 18.7. The molecule has 0 bridgehead atoms. The number of anilines is 1. The summed E-state index contributed by atoms with van der Waals surface area (Å²) >= 11 is 12.7. The molecule has 1 N–H and O–H groups in total. The Bertz CT molecular complexity index is 1090. The standard InChI is InChI=1S/C24H19Cl2NO/c25-20-13-19(15-27-21-10-2-1-3-11-21)24(23(26)14-20)28-16-18-9-6-8-17-7-4-5-12-22(17)18/h1-14,27H,15-16H2. The lowest BCUT2D eigenvalue weighted by Crippen LogP contribution is -2.05. The van der Waals surface area contributed by atoms with Crippen molar-refractivity contribution in [2.45, 2.75) is 13.2 Å². The molecule has 0 fully saturated rings. The Morgan fingerprint density at radius 1 is 0.750 bits per heavy atom. The first-order valence-electron chi connectivity index (χ1n) is 9.07. The highest BCUT2D eigenvalue weighted by Crippen LogP contribution is 2.34. The highest BCUT2D eigenvalue weighted by Gasteiger charge is 2.12. The zero-order valence-corrected chi connectivity index (χ0v) is 16.7. The molecule has 0 spiro atoms. The molecule has 4 rings (SSSR count). The third kappa shape index (κ3) is 4.24. The van der Waals surface area contributed by atoms with Crippen LogP contribution in [0, 0.1) is 0 Å². The Labute approximate surface area is 174 Å². The van der Waals surface area contributed by atoms with E-state index >= 15 is 0 Å². The van der Waals surface area contributed by atoms with Crippen molar-refractivity contribution in [2.24, 2.45) is 0 Å². The normalized spacial score (nSPS) is 10.8. The third-order valence-electron chi connectivity index (χ3n) is 4.59. The molecule has 0 aromatic heterocycles. The van der Waals surface area contributed by atoms with E-state index in [1.165, 1.54) is 10.8 Å².